The Hall–Kier alpha value is -6.89. The fraction of sp³-hybridized carbons (Fsp3) is 0.0600. The normalized spacial score (nSPS) is 13.0. The van der Waals surface area contributed by atoms with Crippen LogP contribution in [-0.2, 0) is 5.41 Å². The predicted molar refractivity (Wildman–Crippen MR) is 231 cm³/mol. The van der Waals surface area contributed by atoms with Crippen LogP contribution < -0.4 is 0 Å². The molecule has 0 saturated carbocycles. The smallest absolute Gasteiger partial charge is 0.160 e. The van der Waals surface area contributed by atoms with Crippen molar-refractivity contribution in [2.45, 2.75) is 19.3 Å². The summed E-state index contributed by atoms with van der Waals surface area (Å²) >= 11 is 1.23. The number of pyridine rings is 1. The summed E-state index contributed by atoms with van der Waals surface area (Å²) in [7, 11) is 0. The summed E-state index contributed by atoms with van der Waals surface area (Å²) in [5.41, 5.74) is 16.7. The molecule has 0 radical (unpaired) electrons. The maximum absolute atomic E-state index is 5.24. The van der Waals surface area contributed by atoms with Crippen LogP contribution in [-0.4, -0.2) is 23.7 Å². The lowest BCUT2D eigenvalue weighted by atomic mass is 9.81. The van der Waals surface area contributed by atoms with Crippen LogP contribution >= 0.6 is 11.7 Å². The van der Waals surface area contributed by atoms with E-state index in [0.29, 0.717) is 5.82 Å². The molecular weight excluding hydrogens is 703 g/mol. The maximum atomic E-state index is 5.24. The van der Waals surface area contributed by atoms with Crippen molar-refractivity contribution in [1.82, 2.24) is 23.7 Å². The lowest BCUT2D eigenvalue weighted by molar-refractivity contribution is 0.660. The fourth-order valence-electron chi connectivity index (χ4n) is 8.54. The van der Waals surface area contributed by atoms with Gasteiger partial charge in [0.1, 0.15) is 11.0 Å². The van der Waals surface area contributed by atoms with Crippen molar-refractivity contribution in [2.75, 3.05) is 0 Å². The summed E-state index contributed by atoms with van der Waals surface area (Å²) < 4.78 is 9.82. The fourth-order valence-corrected chi connectivity index (χ4v) is 9.11. The highest BCUT2D eigenvalue weighted by molar-refractivity contribution is 7.00. The molecule has 3 aromatic heterocycles. The van der Waals surface area contributed by atoms with Gasteiger partial charge in [0, 0.05) is 43.8 Å². The van der Waals surface area contributed by atoms with Gasteiger partial charge in [-0.2, -0.15) is 8.75 Å². The van der Waals surface area contributed by atoms with Crippen molar-refractivity contribution in [1.29, 1.82) is 0 Å². The Bertz CT molecular complexity index is 3150. The van der Waals surface area contributed by atoms with Gasteiger partial charge in [-0.25, -0.2) is 15.0 Å². The minimum atomic E-state index is -0.0564. The zero-order valence-electron chi connectivity index (χ0n) is 30.7. The quantitative estimate of drug-likeness (QED) is 0.165. The van der Waals surface area contributed by atoms with E-state index in [-0.39, 0.29) is 5.41 Å². The van der Waals surface area contributed by atoms with E-state index in [1.807, 2.05) is 30.3 Å². The third-order valence-corrected chi connectivity index (χ3v) is 11.9. The van der Waals surface area contributed by atoms with E-state index < -0.39 is 0 Å². The molecule has 3 heterocycles. The van der Waals surface area contributed by atoms with E-state index in [1.165, 1.54) is 45.1 Å². The van der Waals surface area contributed by atoms with E-state index in [0.717, 1.165) is 72.0 Å². The lowest BCUT2D eigenvalue weighted by Crippen LogP contribution is -2.14. The number of aromatic nitrogens is 5. The molecular formula is C50H33N5S. The second-order valence-corrected chi connectivity index (χ2v) is 15.5. The second-order valence-electron chi connectivity index (χ2n) is 15.0. The number of fused-ring (bicyclic) bond motifs is 8. The molecule has 0 saturated heterocycles. The topological polar surface area (TPSA) is 64.5 Å². The first-order valence-electron chi connectivity index (χ1n) is 18.8. The molecule has 6 heteroatoms. The van der Waals surface area contributed by atoms with Crippen LogP contribution in [0.3, 0.4) is 0 Å². The Balaban J connectivity index is 1.08. The molecule has 0 atom stereocenters. The van der Waals surface area contributed by atoms with Gasteiger partial charge in [0.2, 0.25) is 0 Å². The Morgan fingerprint density at radius 2 is 1.07 bits per heavy atom. The van der Waals surface area contributed by atoms with Crippen molar-refractivity contribution < 1.29 is 0 Å². The van der Waals surface area contributed by atoms with Crippen LogP contribution in [0.2, 0.25) is 0 Å². The molecule has 10 aromatic rings. The summed E-state index contributed by atoms with van der Waals surface area (Å²) in [6.45, 7) is 4.65. The predicted octanol–water partition coefficient (Wildman–Crippen LogP) is 12.8. The molecule has 5 nitrogen and oxygen atoms in total. The van der Waals surface area contributed by atoms with E-state index >= 15 is 0 Å². The Kier molecular flexibility index (Phi) is 7.31. The second kappa shape index (κ2) is 12.6. The number of hydrogen-bond acceptors (Lipinski definition) is 6. The number of benzene rings is 7. The molecule has 0 amide bonds. The molecule has 11 rings (SSSR count). The van der Waals surface area contributed by atoms with Crippen molar-refractivity contribution in [3.05, 3.63) is 175 Å². The molecule has 7 aromatic carbocycles. The minimum Gasteiger partial charge on any atom is -0.247 e. The molecule has 56 heavy (non-hydrogen) atoms. The average molecular weight is 736 g/mol. The largest absolute Gasteiger partial charge is 0.247 e. The highest BCUT2D eigenvalue weighted by atomic mass is 32.1. The van der Waals surface area contributed by atoms with Gasteiger partial charge in [0.15, 0.2) is 5.82 Å². The van der Waals surface area contributed by atoms with Gasteiger partial charge in [-0.15, -0.1) is 0 Å². The van der Waals surface area contributed by atoms with Crippen LogP contribution in [0.25, 0.3) is 100 Å². The zero-order chi connectivity index (χ0) is 37.4. The monoisotopic (exact) mass is 735 g/mol. The Morgan fingerprint density at radius 1 is 0.429 bits per heavy atom. The zero-order valence-corrected chi connectivity index (χ0v) is 31.5. The van der Waals surface area contributed by atoms with Gasteiger partial charge in [-0.1, -0.05) is 153 Å². The third kappa shape index (κ3) is 5.10. The summed E-state index contributed by atoms with van der Waals surface area (Å²) in [5.74, 6) is 0.652. The first kappa shape index (κ1) is 32.5. The van der Waals surface area contributed by atoms with Crippen LogP contribution in [0, 0.1) is 0 Å². The van der Waals surface area contributed by atoms with Crippen LogP contribution in [0.15, 0.2) is 164 Å². The molecule has 0 spiro atoms. The highest BCUT2D eigenvalue weighted by Crippen LogP contribution is 2.49. The number of nitrogens with zero attached hydrogens (tertiary/aromatic N) is 5. The van der Waals surface area contributed by atoms with Gasteiger partial charge in [0.25, 0.3) is 0 Å². The molecule has 0 unspecified atom stereocenters. The molecule has 0 bridgehead atoms. The van der Waals surface area contributed by atoms with E-state index in [9.17, 15) is 0 Å². The molecule has 0 fully saturated rings. The van der Waals surface area contributed by atoms with E-state index in [1.54, 1.807) is 0 Å². The van der Waals surface area contributed by atoms with Gasteiger partial charge >= 0.3 is 0 Å². The molecule has 0 aliphatic heterocycles. The minimum absolute atomic E-state index is 0.0564. The van der Waals surface area contributed by atoms with Crippen LogP contribution in [0.5, 0.6) is 0 Å². The van der Waals surface area contributed by atoms with Crippen LogP contribution in [0.4, 0.5) is 0 Å². The average Bonchev–Trinajstić information content (AvgIpc) is 3.84. The molecule has 1 aliphatic carbocycles. The number of para-hydroxylation sites is 1. The first-order chi connectivity index (χ1) is 27.5. The first-order valence-corrected chi connectivity index (χ1v) is 19.6. The van der Waals surface area contributed by atoms with Crippen molar-refractivity contribution in [3.8, 4) is 67.4 Å². The molecule has 1 aliphatic rings. The van der Waals surface area contributed by atoms with Gasteiger partial charge in [0.05, 0.1) is 34.3 Å². The van der Waals surface area contributed by atoms with E-state index in [4.69, 9.17) is 23.7 Å². The SMILES string of the molecule is CC1(C)c2ccccc2-c2ccc(-c3ccc(-c4cc(-c5cc6c(-c7ccccc7)nc7ccccc7c6c6nsnc56)nc(-c5ccccc5)n4)cc3)cc21. The molecule has 264 valence electrons. The van der Waals surface area contributed by atoms with Crippen molar-refractivity contribution in [2.24, 2.45) is 0 Å². The van der Waals surface area contributed by atoms with Gasteiger partial charge < -0.3 is 0 Å². The van der Waals surface area contributed by atoms with Gasteiger partial charge in [-0.3, -0.25) is 0 Å². The van der Waals surface area contributed by atoms with Gasteiger partial charge in [-0.05, 0) is 57.6 Å². The number of rotatable bonds is 5. The van der Waals surface area contributed by atoms with E-state index in [2.05, 4.69) is 147 Å². The summed E-state index contributed by atoms with van der Waals surface area (Å²) in [4.78, 5) is 15.6. The summed E-state index contributed by atoms with van der Waals surface area (Å²) in [6.07, 6.45) is 0. The maximum Gasteiger partial charge on any atom is 0.160 e. The van der Waals surface area contributed by atoms with Crippen molar-refractivity contribution >= 4 is 44.4 Å². The Labute approximate surface area is 328 Å². The third-order valence-electron chi connectivity index (χ3n) is 11.4. The lowest BCUT2D eigenvalue weighted by Gasteiger charge is -2.22. The van der Waals surface area contributed by atoms with Crippen molar-refractivity contribution in [3.63, 3.8) is 0 Å². The highest BCUT2D eigenvalue weighted by Gasteiger charge is 2.35. The summed E-state index contributed by atoms with van der Waals surface area (Å²) in [6, 6.07) is 57.6. The molecule has 0 N–H and O–H groups in total. The number of hydrogen-bond donors (Lipinski definition) is 0. The summed E-state index contributed by atoms with van der Waals surface area (Å²) in [5, 5.41) is 3.11. The Morgan fingerprint density at radius 3 is 1.89 bits per heavy atom. The standard InChI is InChI=1S/C50H33N5S/c1-50(2)40-19-11-9-17-35(40)36-26-25-34(27-41(36)50)30-21-23-31(24-22-30)43-29-44(53-49(52-43)33-15-7-4-8-16-33)38-28-39-45(48-47(38)54-56-55-48)37-18-10-12-20-42(37)51-46(39)32-13-5-3-6-14-32/h3-29H,1-2H3. The van der Waals surface area contributed by atoms with Crippen LogP contribution in [0.1, 0.15) is 25.0 Å².